The van der Waals surface area contributed by atoms with Crippen LogP contribution in [0, 0.1) is 0 Å². The molecule has 6 nitrogen and oxygen atoms in total. The van der Waals surface area contributed by atoms with E-state index in [-0.39, 0.29) is 5.91 Å². The molecule has 6 heteroatoms. The molecule has 0 atom stereocenters. The standard InChI is InChI=1S/C22H26N4O2/c23-22(26-20-7-3-5-15-4-1-2-6-18(15)20)24-12-13-28-17-9-10-19-16(14-17)8-11-21(27)25-19/h3,5,7,9-10,14H,1-2,4,6,8,11-13H2,(H,25,27)(H3,23,24,26). The SMILES string of the molecule is NC(=NCCOc1ccc2c(c1)CCC(=O)N2)Nc1cccc2c1CCCC2. The van der Waals surface area contributed by atoms with Crippen molar-refractivity contribution >= 4 is 23.2 Å². The van der Waals surface area contributed by atoms with Gasteiger partial charge in [0, 0.05) is 17.8 Å². The van der Waals surface area contributed by atoms with Crippen LogP contribution in [0.4, 0.5) is 11.4 Å². The maximum Gasteiger partial charge on any atom is 0.224 e. The number of hydrogen-bond donors (Lipinski definition) is 3. The first-order chi connectivity index (χ1) is 13.7. The van der Waals surface area contributed by atoms with Crippen molar-refractivity contribution in [1.29, 1.82) is 0 Å². The quantitative estimate of drug-likeness (QED) is 0.423. The van der Waals surface area contributed by atoms with E-state index in [2.05, 4.69) is 33.8 Å². The molecular formula is C22H26N4O2. The molecule has 1 aliphatic heterocycles. The molecule has 0 radical (unpaired) electrons. The summed E-state index contributed by atoms with van der Waals surface area (Å²) in [4.78, 5) is 15.8. The van der Waals surface area contributed by atoms with Gasteiger partial charge in [-0.25, -0.2) is 4.99 Å². The first-order valence-electron chi connectivity index (χ1n) is 9.92. The summed E-state index contributed by atoms with van der Waals surface area (Å²) < 4.78 is 5.79. The van der Waals surface area contributed by atoms with Crippen molar-refractivity contribution < 1.29 is 9.53 Å². The van der Waals surface area contributed by atoms with Crippen LogP contribution in [0.2, 0.25) is 0 Å². The lowest BCUT2D eigenvalue weighted by molar-refractivity contribution is -0.116. The molecule has 0 bridgehead atoms. The number of benzene rings is 2. The van der Waals surface area contributed by atoms with Gasteiger partial charge in [0.1, 0.15) is 12.4 Å². The Hall–Kier alpha value is -3.02. The Bertz CT molecular complexity index is 907. The highest BCUT2D eigenvalue weighted by atomic mass is 16.5. The van der Waals surface area contributed by atoms with Crippen LogP contribution in [0.1, 0.15) is 36.0 Å². The monoisotopic (exact) mass is 378 g/mol. The molecule has 2 aromatic rings. The van der Waals surface area contributed by atoms with Gasteiger partial charge in [0.15, 0.2) is 5.96 Å². The number of nitrogens with one attached hydrogen (secondary N) is 2. The van der Waals surface area contributed by atoms with E-state index in [0.717, 1.165) is 42.0 Å². The van der Waals surface area contributed by atoms with Gasteiger partial charge in [0.05, 0.1) is 6.54 Å². The number of carbonyl (C=O) groups excluding carboxylic acids is 1. The molecule has 0 saturated heterocycles. The summed E-state index contributed by atoms with van der Waals surface area (Å²) in [6.07, 6.45) is 5.97. The molecule has 2 aliphatic rings. The molecule has 4 N–H and O–H groups in total. The minimum atomic E-state index is 0.0677. The summed E-state index contributed by atoms with van der Waals surface area (Å²) in [5.74, 6) is 1.27. The summed E-state index contributed by atoms with van der Waals surface area (Å²) in [7, 11) is 0. The number of guanidine groups is 1. The summed E-state index contributed by atoms with van der Waals surface area (Å²) in [5, 5.41) is 6.12. The maximum atomic E-state index is 11.4. The number of rotatable bonds is 5. The Morgan fingerprint density at radius 3 is 2.93 bits per heavy atom. The molecule has 0 fully saturated rings. The van der Waals surface area contributed by atoms with Gasteiger partial charge in [-0.15, -0.1) is 0 Å². The number of carbonyl (C=O) groups is 1. The van der Waals surface area contributed by atoms with Crippen LogP contribution < -0.4 is 21.1 Å². The smallest absolute Gasteiger partial charge is 0.224 e. The second-order valence-electron chi connectivity index (χ2n) is 7.26. The van der Waals surface area contributed by atoms with Crippen molar-refractivity contribution in [2.75, 3.05) is 23.8 Å². The van der Waals surface area contributed by atoms with Crippen molar-refractivity contribution in [3.8, 4) is 5.75 Å². The van der Waals surface area contributed by atoms with Gasteiger partial charge in [-0.2, -0.15) is 0 Å². The molecular weight excluding hydrogens is 352 g/mol. The van der Waals surface area contributed by atoms with Crippen LogP contribution in [0.3, 0.4) is 0 Å². The predicted molar refractivity (Wildman–Crippen MR) is 112 cm³/mol. The number of fused-ring (bicyclic) bond motifs is 2. The highest BCUT2D eigenvalue weighted by Crippen LogP contribution is 2.28. The second-order valence-corrected chi connectivity index (χ2v) is 7.26. The summed E-state index contributed by atoms with van der Waals surface area (Å²) >= 11 is 0. The summed E-state index contributed by atoms with van der Waals surface area (Å²) in [5.41, 5.74) is 11.9. The van der Waals surface area contributed by atoms with Gasteiger partial charge in [-0.05, 0) is 73.1 Å². The highest BCUT2D eigenvalue weighted by molar-refractivity contribution is 5.94. The average Bonchev–Trinajstić information content (AvgIpc) is 2.71. The van der Waals surface area contributed by atoms with Crippen LogP contribution >= 0.6 is 0 Å². The number of aliphatic imine (C=N–C) groups is 1. The van der Waals surface area contributed by atoms with Crippen LogP contribution in [-0.4, -0.2) is 25.0 Å². The van der Waals surface area contributed by atoms with E-state index in [0.29, 0.717) is 25.5 Å². The Kier molecular flexibility index (Phi) is 5.46. The fourth-order valence-corrected chi connectivity index (χ4v) is 3.86. The Morgan fingerprint density at radius 1 is 1.11 bits per heavy atom. The predicted octanol–water partition coefficient (Wildman–Crippen LogP) is 3.26. The van der Waals surface area contributed by atoms with E-state index in [9.17, 15) is 4.79 Å². The zero-order valence-corrected chi connectivity index (χ0v) is 16.0. The number of aryl methyl sites for hydroxylation is 2. The number of anilines is 2. The number of nitrogens with zero attached hydrogens (tertiary/aromatic N) is 1. The lowest BCUT2D eigenvalue weighted by Crippen LogP contribution is -2.25. The third-order valence-corrected chi connectivity index (χ3v) is 5.27. The molecule has 0 unspecified atom stereocenters. The normalized spacial score (nSPS) is 16.0. The third kappa shape index (κ3) is 4.27. The zero-order valence-electron chi connectivity index (χ0n) is 16.0. The largest absolute Gasteiger partial charge is 0.492 e. The molecule has 0 spiro atoms. The van der Waals surface area contributed by atoms with Crippen LogP contribution in [-0.2, 0) is 24.1 Å². The summed E-state index contributed by atoms with van der Waals surface area (Å²) in [6.45, 7) is 0.919. The summed E-state index contributed by atoms with van der Waals surface area (Å²) in [6, 6.07) is 12.1. The van der Waals surface area contributed by atoms with E-state index < -0.39 is 0 Å². The van der Waals surface area contributed by atoms with Crippen molar-refractivity contribution in [3.05, 3.63) is 53.1 Å². The topological polar surface area (TPSA) is 88.7 Å². The molecule has 146 valence electrons. The number of amides is 1. The van der Waals surface area contributed by atoms with E-state index in [1.54, 1.807) is 0 Å². The van der Waals surface area contributed by atoms with Crippen LogP contribution in [0.15, 0.2) is 41.4 Å². The molecule has 4 rings (SSSR count). The minimum Gasteiger partial charge on any atom is -0.492 e. The molecule has 28 heavy (non-hydrogen) atoms. The molecule has 1 heterocycles. The molecule has 1 aliphatic carbocycles. The number of nitrogens with two attached hydrogens (primary N) is 1. The third-order valence-electron chi connectivity index (χ3n) is 5.27. The van der Waals surface area contributed by atoms with Crippen molar-refractivity contribution in [3.63, 3.8) is 0 Å². The number of ether oxygens (including phenoxy) is 1. The van der Waals surface area contributed by atoms with E-state index in [1.165, 1.54) is 24.0 Å². The van der Waals surface area contributed by atoms with Crippen molar-refractivity contribution in [2.24, 2.45) is 10.7 Å². The molecule has 0 saturated carbocycles. The first kappa shape index (κ1) is 18.3. The minimum absolute atomic E-state index is 0.0677. The van der Waals surface area contributed by atoms with E-state index in [1.807, 2.05) is 18.2 Å². The second kappa shape index (κ2) is 8.33. The van der Waals surface area contributed by atoms with Crippen LogP contribution in [0.5, 0.6) is 5.75 Å². The average molecular weight is 378 g/mol. The lowest BCUT2D eigenvalue weighted by atomic mass is 9.90. The van der Waals surface area contributed by atoms with Gasteiger partial charge in [0.25, 0.3) is 0 Å². The van der Waals surface area contributed by atoms with Crippen molar-refractivity contribution in [1.82, 2.24) is 0 Å². The van der Waals surface area contributed by atoms with Gasteiger partial charge >= 0.3 is 0 Å². The molecule has 1 amide bonds. The van der Waals surface area contributed by atoms with Gasteiger partial charge in [0.2, 0.25) is 5.91 Å². The van der Waals surface area contributed by atoms with E-state index in [4.69, 9.17) is 10.5 Å². The van der Waals surface area contributed by atoms with Gasteiger partial charge < -0.3 is 21.1 Å². The fraction of sp³-hybridized carbons (Fsp3) is 0.364. The van der Waals surface area contributed by atoms with Crippen molar-refractivity contribution in [2.45, 2.75) is 38.5 Å². The van der Waals surface area contributed by atoms with Gasteiger partial charge in [-0.1, -0.05) is 12.1 Å². The first-order valence-corrected chi connectivity index (χ1v) is 9.92. The molecule has 2 aromatic carbocycles. The lowest BCUT2D eigenvalue weighted by Gasteiger charge is -2.19. The molecule has 0 aromatic heterocycles. The zero-order chi connectivity index (χ0) is 19.3. The van der Waals surface area contributed by atoms with E-state index >= 15 is 0 Å². The Labute approximate surface area is 165 Å². The Morgan fingerprint density at radius 2 is 2.00 bits per heavy atom. The van der Waals surface area contributed by atoms with Crippen LogP contribution in [0.25, 0.3) is 0 Å². The number of hydrogen-bond acceptors (Lipinski definition) is 3. The highest BCUT2D eigenvalue weighted by Gasteiger charge is 2.15. The maximum absolute atomic E-state index is 11.4. The van der Waals surface area contributed by atoms with Gasteiger partial charge in [-0.3, -0.25) is 4.79 Å². The fourth-order valence-electron chi connectivity index (χ4n) is 3.86. The Balaban J connectivity index is 1.30.